The van der Waals surface area contributed by atoms with E-state index in [-0.39, 0.29) is 56.5 Å². The second kappa shape index (κ2) is 25.9. The maximum Gasteiger partial charge on any atom is 0.251 e. The molecule has 4 aromatic rings. The van der Waals surface area contributed by atoms with Crippen LogP contribution in [-0.2, 0) is 20.8 Å². The fourth-order valence-electron chi connectivity index (χ4n) is 5.47. The van der Waals surface area contributed by atoms with E-state index in [4.69, 9.17) is 14.2 Å². The van der Waals surface area contributed by atoms with E-state index >= 15 is 0 Å². The van der Waals surface area contributed by atoms with Crippen LogP contribution >= 0.6 is 0 Å². The number of aliphatic hydroxyl groups is 3. The molecular formula is C43H58N8O9. The molecular weight excluding hydrogens is 773 g/mol. The number of amides is 2. The van der Waals surface area contributed by atoms with Gasteiger partial charge >= 0.3 is 0 Å². The zero-order valence-corrected chi connectivity index (χ0v) is 34.5. The summed E-state index contributed by atoms with van der Waals surface area (Å²) in [7, 11) is 0. The largest absolute Gasteiger partial charge is 0.494 e. The first-order valence-electron chi connectivity index (χ1n) is 20.2. The number of aromatic nitrogens is 3. The minimum atomic E-state index is -0.919. The van der Waals surface area contributed by atoms with E-state index < -0.39 is 18.3 Å². The van der Waals surface area contributed by atoms with Gasteiger partial charge in [-0.15, -0.1) is 5.10 Å². The summed E-state index contributed by atoms with van der Waals surface area (Å²) in [5.41, 5.74) is 3.60. The number of rotatable bonds is 28. The van der Waals surface area contributed by atoms with E-state index in [1.807, 2.05) is 32.0 Å². The number of nitrogens with one attached hydrogen (secondary N) is 3. The van der Waals surface area contributed by atoms with Crippen molar-refractivity contribution in [3.63, 3.8) is 0 Å². The molecule has 0 fully saturated rings. The Balaban J connectivity index is 1.10. The maximum atomic E-state index is 12.8. The van der Waals surface area contributed by atoms with Crippen molar-refractivity contribution in [2.24, 2.45) is 16.1 Å². The number of Topliss-reactive ketones (excluding diaryl/α,β-unsaturated/α-hetero) is 1. The fraction of sp³-hybridized carbons (Fsp3) is 0.465. The number of hydrogen-bond acceptors (Lipinski definition) is 14. The molecule has 60 heavy (non-hydrogen) atoms. The van der Waals surface area contributed by atoms with Gasteiger partial charge in [0.05, 0.1) is 68.9 Å². The molecule has 4 rings (SSSR count). The number of aryl methyl sites for hydroxylation is 1. The van der Waals surface area contributed by atoms with E-state index in [9.17, 15) is 29.7 Å². The summed E-state index contributed by atoms with van der Waals surface area (Å²) in [6.07, 6.45) is 1.28. The second-order valence-electron chi connectivity index (χ2n) is 14.5. The molecule has 17 nitrogen and oxygen atoms in total. The lowest BCUT2D eigenvalue weighted by Gasteiger charge is -2.14. The first kappa shape index (κ1) is 47.3. The van der Waals surface area contributed by atoms with Gasteiger partial charge in [0.2, 0.25) is 5.91 Å². The Kier molecular flexibility index (Phi) is 20.4. The Morgan fingerprint density at radius 1 is 0.767 bits per heavy atom. The summed E-state index contributed by atoms with van der Waals surface area (Å²) in [6.45, 7) is 8.05. The van der Waals surface area contributed by atoms with Crippen LogP contribution in [0.3, 0.4) is 0 Å². The number of hydrogen-bond donors (Lipinski definition) is 6. The second-order valence-corrected chi connectivity index (χ2v) is 14.5. The zero-order valence-electron chi connectivity index (χ0n) is 34.5. The van der Waals surface area contributed by atoms with Crippen LogP contribution in [-0.4, -0.2) is 125 Å². The lowest BCUT2D eigenvalue weighted by molar-refractivity contribution is -0.123. The SMILES string of the molecule is CC(O)CNCC(O)COCCOCC(O)CNC(=O)c1cccc(-c2cn(CCCOc3ccc(N=Nc4ccc(C(=O)CCCNC(=O)C(C)C)cc4)cc3)nn2)c1. The normalized spacial score (nSPS) is 13.0. The monoisotopic (exact) mass is 830 g/mol. The van der Waals surface area contributed by atoms with Gasteiger partial charge in [0.1, 0.15) is 11.4 Å². The Bertz CT molecular complexity index is 1920. The maximum absolute atomic E-state index is 12.8. The molecule has 3 unspecified atom stereocenters. The van der Waals surface area contributed by atoms with Gasteiger partial charge < -0.3 is 45.5 Å². The third-order valence-electron chi connectivity index (χ3n) is 8.78. The highest BCUT2D eigenvalue weighted by atomic mass is 16.5. The van der Waals surface area contributed by atoms with Crippen molar-refractivity contribution in [2.45, 2.75) is 64.9 Å². The lowest BCUT2D eigenvalue weighted by atomic mass is 10.1. The molecule has 0 bridgehead atoms. The van der Waals surface area contributed by atoms with Gasteiger partial charge in [0.15, 0.2) is 5.78 Å². The molecule has 324 valence electrons. The number of azo groups is 1. The van der Waals surface area contributed by atoms with E-state index in [1.54, 1.807) is 72.4 Å². The summed E-state index contributed by atoms with van der Waals surface area (Å²) < 4.78 is 18.4. The number of ether oxygens (including phenoxy) is 3. The lowest BCUT2D eigenvalue weighted by Crippen LogP contribution is -2.35. The highest BCUT2D eigenvalue weighted by Gasteiger charge is 2.13. The molecule has 17 heteroatoms. The Labute approximate surface area is 350 Å². The third-order valence-corrected chi connectivity index (χ3v) is 8.78. The quantitative estimate of drug-likeness (QED) is 0.0271. The molecule has 0 aliphatic rings. The predicted molar refractivity (Wildman–Crippen MR) is 225 cm³/mol. The average Bonchev–Trinajstić information content (AvgIpc) is 3.73. The Hall–Kier alpha value is -5.43. The highest BCUT2D eigenvalue weighted by molar-refractivity contribution is 5.96. The summed E-state index contributed by atoms with van der Waals surface area (Å²) in [5, 5.41) is 54.8. The van der Waals surface area contributed by atoms with Gasteiger partial charge in [-0.2, -0.15) is 10.2 Å². The molecule has 0 aliphatic carbocycles. The van der Waals surface area contributed by atoms with Crippen molar-refractivity contribution >= 4 is 29.0 Å². The van der Waals surface area contributed by atoms with E-state index in [1.165, 1.54) is 0 Å². The van der Waals surface area contributed by atoms with E-state index in [2.05, 4.69) is 36.5 Å². The van der Waals surface area contributed by atoms with Crippen molar-refractivity contribution in [1.82, 2.24) is 30.9 Å². The van der Waals surface area contributed by atoms with Gasteiger partial charge in [-0.3, -0.25) is 19.1 Å². The van der Waals surface area contributed by atoms with Crippen LogP contribution in [0.5, 0.6) is 5.75 Å². The molecule has 1 heterocycles. The number of carbonyl (C=O) groups excluding carboxylic acids is 3. The molecule has 0 saturated heterocycles. The van der Waals surface area contributed by atoms with Gasteiger partial charge in [0.25, 0.3) is 5.91 Å². The van der Waals surface area contributed by atoms with Gasteiger partial charge in [-0.1, -0.05) is 31.2 Å². The summed E-state index contributed by atoms with van der Waals surface area (Å²) in [5.74, 6) is 0.250. The first-order valence-corrected chi connectivity index (χ1v) is 20.2. The fourth-order valence-corrected chi connectivity index (χ4v) is 5.47. The minimum absolute atomic E-state index is 0.00362. The number of benzene rings is 3. The molecule has 1 aromatic heterocycles. The van der Waals surface area contributed by atoms with Gasteiger partial charge in [0, 0.05) is 68.2 Å². The molecule has 0 spiro atoms. The third kappa shape index (κ3) is 17.8. The zero-order chi connectivity index (χ0) is 43.1. The van der Waals surface area contributed by atoms with Crippen molar-refractivity contribution < 1.29 is 43.9 Å². The average molecular weight is 831 g/mol. The molecule has 0 saturated carbocycles. The minimum Gasteiger partial charge on any atom is -0.494 e. The molecule has 0 aliphatic heterocycles. The highest BCUT2D eigenvalue weighted by Crippen LogP contribution is 2.23. The Morgan fingerprint density at radius 3 is 2.10 bits per heavy atom. The van der Waals surface area contributed by atoms with Gasteiger partial charge in [-0.05, 0) is 74.0 Å². The van der Waals surface area contributed by atoms with Crippen molar-refractivity contribution in [1.29, 1.82) is 0 Å². The summed E-state index contributed by atoms with van der Waals surface area (Å²) in [6, 6.07) is 21.2. The Morgan fingerprint density at radius 2 is 1.43 bits per heavy atom. The van der Waals surface area contributed by atoms with Gasteiger partial charge in [-0.25, -0.2) is 0 Å². The molecule has 6 N–H and O–H groups in total. The number of ketones is 1. The molecule has 3 aromatic carbocycles. The topological polar surface area (TPSA) is 231 Å². The first-order chi connectivity index (χ1) is 29.0. The van der Waals surface area contributed by atoms with Crippen LogP contribution in [0.1, 0.15) is 60.7 Å². The summed E-state index contributed by atoms with van der Waals surface area (Å²) >= 11 is 0. The van der Waals surface area contributed by atoms with Crippen molar-refractivity contribution in [3.05, 3.63) is 90.1 Å². The predicted octanol–water partition coefficient (Wildman–Crippen LogP) is 4.02. The van der Waals surface area contributed by atoms with Crippen LogP contribution < -0.4 is 20.7 Å². The number of carbonyl (C=O) groups is 3. The van der Waals surface area contributed by atoms with Crippen molar-refractivity contribution in [3.8, 4) is 17.0 Å². The van der Waals surface area contributed by atoms with Crippen LogP contribution in [0.2, 0.25) is 0 Å². The standard InChI is InChI=1S/C43H58N8O9/c1-30(2)42(56)45-18-5-9-41(55)32-10-12-35(13-11-32)47-48-36-14-16-39(17-15-36)60-20-6-19-51-27-40(49-50-51)33-7-4-8-34(23-33)43(57)46-26-38(54)29-59-22-21-58-28-37(53)25-44-24-31(3)52/h4,7-8,10-17,23,27,30-31,37-38,44,52-54H,5-6,9,18-22,24-26,28-29H2,1-3H3,(H,45,56)(H,46,57). The summed E-state index contributed by atoms with van der Waals surface area (Å²) in [4.78, 5) is 36.9. The number of nitrogens with zero attached hydrogens (tertiary/aromatic N) is 5. The van der Waals surface area contributed by atoms with E-state index in [0.29, 0.717) is 86.0 Å². The van der Waals surface area contributed by atoms with Crippen LogP contribution in [0.25, 0.3) is 11.3 Å². The van der Waals surface area contributed by atoms with Crippen molar-refractivity contribution in [2.75, 3.05) is 59.2 Å². The van der Waals surface area contributed by atoms with E-state index in [0.717, 1.165) is 5.56 Å². The van der Waals surface area contributed by atoms with Crippen LogP contribution in [0, 0.1) is 5.92 Å². The van der Waals surface area contributed by atoms with Crippen LogP contribution in [0.15, 0.2) is 89.2 Å². The van der Waals surface area contributed by atoms with Crippen LogP contribution in [0.4, 0.5) is 11.4 Å². The number of aliphatic hydroxyl groups excluding tert-OH is 3. The smallest absolute Gasteiger partial charge is 0.251 e. The molecule has 3 atom stereocenters. The molecule has 2 amide bonds. The molecule has 0 radical (unpaired) electrons.